The van der Waals surface area contributed by atoms with Crippen molar-refractivity contribution < 1.29 is 18.7 Å². The Hall–Kier alpha value is -2.45. The third-order valence-electron chi connectivity index (χ3n) is 3.47. The van der Waals surface area contributed by atoms with E-state index in [0.717, 1.165) is 9.60 Å². The molecule has 0 fully saturated rings. The van der Waals surface area contributed by atoms with Gasteiger partial charge in [-0.15, -0.1) is 11.8 Å². The Kier molecular flexibility index (Phi) is 5.85. The number of methoxy groups -OCH3 is 1. The van der Waals surface area contributed by atoms with E-state index >= 15 is 0 Å². The standard InChI is InChI=1S/C18H15FN2O3S2/c1-24-17(23)11-2-7-14-15(10-11)26-18(20-14)21-16(22)8-9-25-13-5-3-12(19)4-6-13/h2-7,10H,8-9H2,1H3,(H,20,21,22). The Morgan fingerprint density at radius 2 is 2.00 bits per heavy atom. The van der Waals surface area contributed by atoms with Crippen molar-refractivity contribution in [3.05, 3.63) is 53.8 Å². The lowest BCUT2D eigenvalue weighted by Gasteiger charge is -2.02. The number of ether oxygens (including phenoxy) is 1. The van der Waals surface area contributed by atoms with Crippen molar-refractivity contribution in [1.29, 1.82) is 0 Å². The molecule has 26 heavy (non-hydrogen) atoms. The molecule has 8 heteroatoms. The molecule has 0 saturated carbocycles. The van der Waals surface area contributed by atoms with Gasteiger partial charge in [0.05, 0.1) is 22.9 Å². The molecule has 0 radical (unpaired) electrons. The lowest BCUT2D eigenvalue weighted by molar-refractivity contribution is -0.115. The largest absolute Gasteiger partial charge is 0.465 e. The second kappa shape index (κ2) is 8.29. The van der Waals surface area contributed by atoms with Crippen LogP contribution in [0.5, 0.6) is 0 Å². The predicted molar refractivity (Wildman–Crippen MR) is 101 cm³/mol. The van der Waals surface area contributed by atoms with Crippen molar-refractivity contribution in [3.63, 3.8) is 0 Å². The summed E-state index contributed by atoms with van der Waals surface area (Å²) in [6, 6.07) is 11.2. The first-order chi connectivity index (χ1) is 12.5. The van der Waals surface area contributed by atoms with Crippen molar-refractivity contribution in [2.75, 3.05) is 18.2 Å². The number of halogens is 1. The highest BCUT2D eigenvalue weighted by Crippen LogP contribution is 2.27. The fourth-order valence-corrected chi connectivity index (χ4v) is 3.97. The highest BCUT2D eigenvalue weighted by atomic mass is 32.2. The summed E-state index contributed by atoms with van der Waals surface area (Å²) in [5, 5.41) is 3.25. The molecule has 0 atom stereocenters. The number of rotatable bonds is 6. The monoisotopic (exact) mass is 390 g/mol. The van der Waals surface area contributed by atoms with Crippen molar-refractivity contribution in [2.24, 2.45) is 0 Å². The number of amides is 1. The topological polar surface area (TPSA) is 68.3 Å². The van der Waals surface area contributed by atoms with Crippen LogP contribution in [0.25, 0.3) is 10.2 Å². The number of carbonyl (C=O) groups is 2. The minimum absolute atomic E-state index is 0.146. The molecule has 0 aliphatic carbocycles. The molecule has 1 N–H and O–H groups in total. The maximum Gasteiger partial charge on any atom is 0.337 e. The van der Waals surface area contributed by atoms with Crippen LogP contribution in [0.3, 0.4) is 0 Å². The number of thioether (sulfide) groups is 1. The summed E-state index contributed by atoms with van der Waals surface area (Å²) in [4.78, 5) is 28.9. The quantitative estimate of drug-likeness (QED) is 0.501. The highest BCUT2D eigenvalue weighted by molar-refractivity contribution is 7.99. The Morgan fingerprint density at radius 3 is 2.73 bits per heavy atom. The summed E-state index contributed by atoms with van der Waals surface area (Å²) >= 11 is 2.78. The first-order valence-corrected chi connectivity index (χ1v) is 9.52. The molecule has 5 nitrogen and oxygen atoms in total. The number of nitrogens with one attached hydrogen (secondary N) is 1. The highest BCUT2D eigenvalue weighted by Gasteiger charge is 2.11. The van der Waals surface area contributed by atoms with Crippen molar-refractivity contribution in [2.45, 2.75) is 11.3 Å². The number of nitrogens with zero attached hydrogens (tertiary/aromatic N) is 1. The van der Waals surface area contributed by atoms with E-state index in [4.69, 9.17) is 4.74 Å². The molecule has 0 spiro atoms. The molecule has 0 unspecified atom stereocenters. The zero-order valence-electron chi connectivity index (χ0n) is 13.8. The van der Waals surface area contributed by atoms with Gasteiger partial charge in [-0.1, -0.05) is 11.3 Å². The second-order valence-corrected chi connectivity index (χ2v) is 7.49. The molecular formula is C18H15FN2O3S2. The van der Waals surface area contributed by atoms with E-state index in [1.165, 1.54) is 42.3 Å². The maximum atomic E-state index is 12.9. The van der Waals surface area contributed by atoms with Crippen LogP contribution in [0.1, 0.15) is 16.8 Å². The lowest BCUT2D eigenvalue weighted by Crippen LogP contribution is -2.11. The van der Waals surface area contributed by atoms with E-state index in [0.29, 0.717) is 28.4 Å². The van der Waals surface area contributed by atoms with Gasteiger partial charge in [-0.2, -0.15) is 0 Å². The van der Waals surface area contributed by atoms with Gasteiger partial charge >= 0.3 is 5.97 Å². The molecule has 3 aromatic rings. The number of aromatic nitrogens is 1. The SMILES string of the molecule is COC(=O)c1ccc2nc(NC(=O)CCSc3ccc(F)cc3)sc2c1. The van der Waals surface area contributed by atoms with E-state index in [1.807, 2.05) is 0 Å². The molecule has 1 amide bonds. The van der Waals surface area contributed by atoms with Crippen LogP contribution in [0.2, 0.25) is 0 Å². The van der Waals surface area contributed by atoms with E-state index in [2.05, 4.69) is 10.3 Å². The second-order valence-electron chi connectivity index (χ2n) is 5.29. The van der Waals surface area contributed by atoms with Gasteiger partial charge in [0.25, 0.3) is 0 Å². The lowest BCUT2D eigenvalue weighted by atomic mass is 10.2. The van der Waals surface area contributed by atoms with Gasteiger partial charge in [0.15, 0.2) is 5.13 Å². The Labute approximate surface area is 157 Å². The Balaban J connectivity index is 1.56. The summed E-state index contributed by atoms with van der Waals surface area (Å²) in [6.45, 7) is 0. The number of anilines is 1. The van der Waals surface area contributed by atoms with E-state index in [1.54, 1.807) is 30.3 Å². The van der Waals surface area contributed by atoms with Gasteiger partial charge in [0.1, 0.15) is 5.82 Å². The molecule has 0 bridgehead atoms. The number of fused-ring (bicyclic) bond motifs is 1. The molecular weight excluding hydrogens is 375 g/mol. The molecule has 0 saturated heterocycles. The average Bonchev–Trinajstić information content (AvgIpc) is 3.03. The zero-order valence-corrected chi connectivity index (χ0v) is 15.5. The normalized spacial score (nSPS) is 10.7. The summed E-state index contributed by atoms with van der Waals surface area (Å²) in [7, 11) is 1.33. The number of carbonyl (C=O) groups excluding carboxylic acids is 2. The number of hydrogen-bond donors (Lipinski definition) is 1. The molecule has 1 heterocycles. The van der Waals surface area contributed by atoms with E-state index < -0.39 is 5.97 Å². The number of benzene rings is 2. The minimum Gasteiger partial charge on any atom is -0.465 e. The molecule has 134 valence electrons. The van der Waals surface area contributed by atoms with Crippen molar-refractivity contribution >= 4 is 50.3 Å². The third-order valence-corrected chi connectivity index (χ3v) is 5.41. The van der Waals surface area contributed by atoms with Crippen LogP contribution in [-0.4, -0.2) is 29.7 Å². The maximum absolute atomic E-state index is 12.9. The van der Waals surface area contributed by atoms with E-state index in [-0.39, 0.29) is 11.7 Å². The van der Waals surface area contributed by atoms with Crippen LogP contribution in [0, 0.1) is 5.82 Å². The molecule has 3 rings (SSSR count). The summed E-state index contributed by atoms with van der Waals surface area (Å²) in [5.74, 6) is -0.261. The van der Waals surface area contributed by atoms with Crippen LogP contribution < -0.4 is 5.32 Å². The molecule has 0 aliphatic rings. The Bertz CT molecular complexity index is 941. The van der Waals surface area contributed by atoms with Gasteiger partial charge in [-0.25, -0.2) is 14.2 Å². The number of esters is 1. The minimum atomic E-state index is -0.413. The van der Waals surface area contributed by atoms with Gasteiger partial charge in [0, 0.05) is 17.1 Å². The van der Waals surface area contributed by atoms with Crippen molar-refractivity contribution in [1.82, 2.24) is 4.98 Å². The first kappa shape index (κ1) is 18.3. The first-order valence-electron chi connectivity index (χ1n) is 7.72. The molecule has 2 aromatic carbocycles. The van der Waals surface area contributed by atoms with Crippen molar-refractivity contribution in [3.8, 4) is 0 Å². The smallest absolute Gasteiger partial charge is 0.337 e. The Morgan fingerprint density at radius 1 is 1.23 bits per heavy atom. The van der Waals surface area contributed by atoms with Gasteiger partial charge in [-0.3, -0.25) is 4.79 Å². The summed E-state index contributed by atoms with van der Waals surface area (Å²) in [5.41, 5.74) is 1.15. The van der Waals surface area contributed by atoms with Crippen LogP contribution in [-0.2, 0) is 9.53 Å². The van der Waals surface area contributed by atoms with Gasteiger partial charge < -0.3 is 10.1 Å². The van der Waals surface area contributed by atoms with Gasteiger partial charge in [0.2, 0.25) is 5.91 Å². The average molecular weight is 390 g/mol. The van der Waals surface area contributed by atoms with Crippen LogP contribution >= 0.6 is 23.1 Å². The molecule has 0 aliphatic heterocycles. The van der Waals surface area contributed by atoms with E-state index in [9.17, 15) is 14.0 Å². The fourth-order valence-electron chi connectivity index (χ4n) is 2.20. The van der Waals surface area contributed by atoms with Gasteiger partial charge in [-0.05, 0) is 42.5 Å². The predicted octanol–water partition coefficient (Wildman–Crippen LogP) is 4.34. The fraction of sp³-hybridized carbons (Fsp3) is 0.167. The summed E-state index contributed by atoms with van der Waals surface area (Å²) < 4.78 is 18.3. The number of thiazole rings is 1. The molecule has 1 aromatic heterocycles. The summed E-state index contributed by atoms with van der Waals surface area (Å²) in [6.07, 6.45) is 0.311. The van der Waals surface area contributed by atoms with Crippen LogP contribution in [0.4, 0.5) is 9.52 Å². The van der Waals surface area contributed by atoms with Crippen LogP contribution in [0.15, 0.2) is 47.4 Å². The third kappa shape index (κ3) is 4.59. The zero-order chi connectivity index (χ0) is 18.5. The number of hydrogen-bond acceptors (Lipinski definition) is 6.